The summed E-state index contributed by atoms with van der Waals surface area (Å²) in [7, 11) is 0. The number of rotatable bonds is 5. The van der Waals surface area contributed by atoms with Crippen molar-refractivity contribution in [2.75, 3.05) is 19.4 Å². The second kappa shape index (κ2) is 7.50. The third kappa shape index (κ3) is 3.05. The lowest BCUT2D eigenvalue weighted by atomic mass is 9.96. The minimum absolute atomic E-state index is 0.0308. The predicted octanol–water partition coefficient (Wildman–Crippen LogP) is 3.70. The summed E-state index contributed by atoms with van der Waals surface area (Å²) in [6.45, 7) is 0.0395. The number of halogens is 1. The van der Waals surface area contributed by atoms with Crippen molar-refractivity contribution in [1.82, 2.24) is 15.1 Å². The van der Waals surface area contributed by atoms with Crippen LogP contribution in [0.2, 0.25) is 5.02 Å². The van der Waals surface area contributed by atoms with Crippen LogP contribution >= 0.6 is 23.4 Å². The number of aromatic hydroxyl groups is 1. The van der Waals surface area contributed by atoms with Gasteiger partial charge in [-0.25, -0.2) is 0 Å². The Kier molecular flexibility index (Phi) is 5.05. The van der Waals surface area contributed by atoms with E-state index in [0.29, 0.717) is 27.5 Å². The quantitative estimate of drug-likeness (QED) is 0.553. The van der Waals surface area contributed by atoms with Gasteiger partial charge in [-0.15, -0.1) is 11.8 Å². The maximum Gasteiger partial charge on any atom is 0.273 e. The van der Waals surface area contributed by atoms with Crippen LogP contribution in [-0.4, -0.2) is 50.6 Å². The highest BCUT2D eigenvalue weighted by atomic mass is 35.5. The van der Waals surface area contributed by atoms with Gasteiger partial charge in [0.25, 0.3) is 5.91 Å². The maximum atomic E-state index is 12.9. The summed E-state index contributed by atoms with van der Waals surface area (Å²) >= 11 is 7.75. The van der Waals surface area contributed by atoms with E-state index in [-0.39, 0.29) is 24.8 Å². The van der Waals surface area contributed by atoms with Gasteiger partial charge in [0.05, 0.1) is 12.6 Å². The lowest BCUT2D eigenvalue weighted by Gasteiger charge is -2.25. The Balaban J connectivity index is 1.90. The molecule has 144 valence electrons. The number of carbonyl (C=O) groups is 1. The van der Waals surface area contributed by atoms with Crippen LogP contribution in [0.5, 0.6) is 5.75 Å². The van der Waals surface area contributed by atoms with E-state index in [1.807, 2.05) is 30.5 Å². The van der Waals surface area contributed by atoms with Gasteiger partial charge in [-0.2, -0.15) is 5.10 Å². The summed E-state index contributed by atoms with van der Waals surface area (Å²) in [6, 6.07) is 12.2. The van der Waals surface area contributed by atoms with Crippen LogP contribution < -0.4 is 0 Å². The van der Waals surface area contributed by atoms with Crippen LogP contribution in [-0.2, 0) is 0 Å². The minimum Gasteiger partial charge on any atom is -0.507 e. The Hall–Kier alpha value is -2.48. The molecule has 0 spiro atoms. The van der Waals surface area contributed by atoms with Gasteiger partial charge < -0.3 is 15.1 Å². The Morgan fingerprint density at radius 2 is 2.00 bits per heavy atom. The van der Waals surface area contributed by atoms with E-state index in [2.05, 4.69) is 10.2 Å². The number of aliphatic hydroxyl groups is 1. The maximum absolute atomic E-state index is 12.9. The molecule has 1 amide bonds. The van der Waals surface area contributed by atoms with Crippen molar-refractivity contribution >= 4 is 29.3 Å². The molecule has 1 aromatic heterocycles. The van der Waals surface area contributed by atoms with E-state index in [0.717, 1.165) is 10.5 Å². The largest absolute Gasteiger partial charge is 0.507 e. The molecule has 1 atom stereocenters. The summed E-state index contributed by atoms with van der Waals surface area (Å²) in [4.78, 5) is 15.7. The summed E-state index contributed by atoms with van der Waals surface area (Å²) in [5, 5.41) is 27.4. The molecule has 0 radical (unpaired) electrons. The molecule has 4 rings (SSSR count). The van der Waals surface area contributed by atoms with Crippen LogP contribution in [0.25, 0.3) is 11.3 Å². The van der Waals surface area contributed by atoms with E-state index < -0.39 is 6.04 Å². The normalized spacial score (nSPS) is 15.9. The molecule has 6 nitrogen and oxygen atoms in total. The predicted molar refractivity (Wildman–Crippen MR) is 109 cm³/mol. The van der Waals surface area contributed by atoms with Gasteiger partial charge in [-0.1, -0.05) is 23.7 Å². The van der Waals surface area contributed by atoms with Crippen LogP contribution in [0.15, 0.2) is 47.4 Å². The summed E-state index contributed by atoms with van der Waals surface area (Å²) < 4.78 is 0. The summed E-state index contributed by atoms with van der Waals surface area (Å²) in [5.74, 6) is -0.202. The first-order valence-corrected chi connectivity index (χ1v) is 10.3. The van der Waals surface area contributed by atoms with Gasteiger partial charge in [-0.05, 0) is 42.2 Å². The smallest absolute Gasteiger partial charge is 0.273 e. The van der Waals surface area contributed by atoms with Crippen molar-refractivity contribution in [2.45, 2.75) is 10.9 Å². The van der Waals surface area contributed by atoms with Gasteiger partial charge in [-0.3, -0.25) is 9.89 Å². The van der Waals surface area contributed by atoms with E-state index in [9.17, 15) is 15.0 Å². The third-order valence-electron chi connectivity index (χ3n) is 4.85. The fraction of sp³-hybridized carbons (Fsp3) is 0.200. The first-order valence-electron chi connectivity index (χ1n) is 8.68. The Morgan fingerprint density at radius 3 is 2.68 bits per heavy atom. The van der Waals surface area contributed by atoms with Crippen molar-refractivity contribution in [2.24, 2.45) is 0 Å². The second-order valence-corrected chi connectivity index (χ2v) is 7.74. The Labute approximate surface area is 171 Å². The highest BCUT2D eigenvalue weighted by Gasteiger charge is 2.42. The molecule has 3 aromatic rings. The molecule has 3 N–H and O–H groups in total. The van der Waals surface area contributed by atoms with Crippen LogP contribution in [0.3, 0.4) is 0 Å². The number of hydrogen-bond donors (Lipinski definition) is 3. The number of benzene rings is 2. The lowest BCUT2D eigenvalue weighted by molar-refractivity contribution is 0.0706. The first kappa shape index (κ1) is 18.9. The zero-order valence-corrected chi connectivity index (χ0v) is 16.6. The first-order chi connectivity index (χ1) is 13.5. The van der Waals surface area contributed by atoms with Crippen LogP contribution in [0, 0.1) is 0 Å². The Morgan fingerprint density at radius 1 is 1.25 bits per heavy atom. The molecule has 8 heteroatoms. The minimum atomic E-state index is -0.419. The summed E-state index contributed by atoms with van der Waals surface area (Å²) in [6.07, 6.45) is 2.00. The number of aliphatic hydroxyl groups excluding tert-OH is 1. The average molecular weight is 416 g/mol. The molecule has 28 heavy (non-hydrogen) atoms. The molecular weight excluding hydrogens is 398 g/mol. The highest BCUT2D eigenvalue weighted by molar-refractivity contribution is 7.98. The number of fused-ring (bicyclic) bond motifs is 1. The average Bonchev–Trinajstić information content (AvgIpc) is 3.24. The third-order valence-corrected chi connectivity index (χ3v) is 5.83. The van der Waals surface area contributed by atoms with Gasteiger partial charge in [0.2, 0.25) is 0 Å². The standard InChI is InChI=1S/C20H18ClN3O3S/c1-28-13-5-2-11(3-6-13)19-16-17(14-10-12(21)4-7-15(14)26)22-23-18(16)20(27)24(19)8-9-25/h2-7,10,19,25-26H,8-9H2,1H3,(H,22,23). The number of nitrogens with one attached hydrogen (secondary N) is 1. The molecule has 2 aromatic carbocycles. The number of β-amino-alcohol motifs (C(OH)–C–C–N with tert-alkyl or cyclic N) is 1. The van der Waals surface area contributed by atoms with E-state index in [1.54, 1.807) is 28.8 Å². The van der Waals surface area contributed by atoms with Crippen molar-refractivity contribution in [3.63, 3.8) is 0 Å². The Bertz CT molecular complexity index is 1040. The number of phenols is 1. The molecule has 0 fully saturated rings. The van der Waals surface area contributed by atoms with Crippen LogP contribution in [0.1, 0.15) is 27.7 Å². The zero-order valence-electron chi connectivity index (χ0n) is 15.0. The molecule has 1 aliphatic heterocycles. The molecule has 0 aliphatic carbocycles. The van der Waals surface area contributed by atoms with Gasteiger partial charge in [0.1, 0.15) is 17.1 Å². The molecule has 0 saturated carbocycles. The van der Waals surface area contributed by atoms with Crippen molar-refractivity contribution in [3.8, 4) is 17.0 Å². The SMILES string of the molecule is CSc1ccc(C2c3c(-c4cc(Cl)ccc4O)n[nH]c3C(=O)N2CCO)cc1. The van der Waals surface area contributed by atoms with Gasteiger partial charge in [0, 0.05) is 27.6 Å². The number of amides is 1. The molecule has 0 saturated heterocycles. The zero-order chi connectivity index (χ0) is 19.8. The van der Waals surface area contributed by atoms with Crippen molar-refractivity contribution < 1.29 is 15.0 Å². The van der Waals surface area contributed by atoms with E-state index in [4.69, 9.17) is 11.6 Å². The number of carbonyl (C=O) groups excluding carboxylic acids is 1. The fourth-order valence-corrected chi connectivity index (χ4v) is 4.15. The van der Waals surface area contributed by atoms with Gasteiger partial charge >= 0.3 is 0 Å². The van der Waals surface area contributed by atoms with Crippen molar-refractivity contribution in [1.29, 1.82) is 0 Å². The number of hydrogen-bond acceptors (Lipinski definition) is 5. The number of aromatic amines is 1. The highest BCUT2D eigenvalue weighted by Crippen LogP contribution is 2.44. The fourth-order valence-electron chi connectivity index (χ4n) is 3.57. The number of thioether (sulfide) groups is 1. The molecule has 2 heterocycles. The second-order valence-electron chi connectivity index (χ2n) is 6.42. The number of aromatic nitrogens is 2. The number of H-pyrrole nitrogens is 1. The van der Waals surface area contributed by atoms with Crippen molar-refractivity contribution in [3.05, 3.63) is 64.3 Å². The molecule has 0 bridgehead atoms. The molecule has 1 unspecified atom stereocenters. The molecule has 1 aliphatic rings. The van der Waals surface area contributed by atoms with Gasteiger partial charge in [0.15, 0.2) is 0 Å². The monoisotopic (exact) mass is 415 g/mol. The van der Waals surface area contributed by atoms with E-state index in [1.165, 1.54) is 6.07 Å². The number of nitrogens with zero attached hydrogens (tertiary/aromatic N) is 2. The summed E-state index contributed by atoms with van der Waals surface area (Å²) in [5.41, 5.74) is 2.87. The van der Waals surface area contributed by atoms with Crippen LogP contribution in [0.4, 0.5) is 0 Å². The lowest BCUT2D eigenvalue weighted by Crippen LogP contribution is -2.32. The van der Waals surface area contributed by atoms with E-state index >= 15 is 0 Å². The molecular formula is C20H18ClN3O3S. The number of phenolic OH excluding ortho intramolecular Hbond substituents is 1. The topological polar surface area (TPSA) is 89.5 Å².